The number of anilines is 3. The molecule has 1 N–H and O–H groups in total. The van der Waals surface area contributed by atoms with Gasteiger partial charge in [0, 0.05) is 33.5 Å². The van der Waals surface area contributed by atoms with Crippen LogP contribution >= 0.6 is 0 Å². The van der Waals surface area contributed by atoms with Crippen molar-refractivity contribution in [3.63, 3.8) is 0 Å². The Morgan fingerprint density at radius 2 is 0.936 bits per heavy atom. The molecule has 0 aliphatic rings. The summed E-state index contributed by atoms with van der Waals surface area (Å²) in [6.07, 6.45) is 0. The fourth-order valence-corrected chi connectivity index (χ4v) is 6.46. The zero-order valence-corrected chi connectivity index (χ0v) is 25.7. The van der Waals surface area contributed by atoms with Crippen LogP contribution in [0.2, 0.25) is 0 Å². The smallest absolute Gasteiger partial charge is 0.504 e. The van der Waals surface area contributed by atoms with E-state index in [4.69, 9.17) is 4.65 Å². The fraction of sp³-hybridized carbons (Fsp3) is 0. The van der Waals surface area contributed by atoms with Gasteiger partial charge in [-0.25, -0.2) is 0 Å². The lowest BCUT2D eigenvalue weighted by Crippen LogP contribution is -2.10. The number of benzene rings is 7. The minimum atomic E-state index is -0.357. The number of rotatable bonds is 8. The average molecular weight is 607 g/mol. The second kappa shape index (κ2) is 12.4. The molecule has 1 aromatic heterocycles. The van der Waals surface area contributed by atoms with E-state index in [0.717, 1.165) is 28.3 Å². The first-order valence-electron chi connectivity index (χ1n) is 15.8. The molecular formula is C42H31BN2O2. The van der Waals surface area contributed by atoms with Gasteiger partial charge >= 0.3 is 7.69 Å². The molecule has 8 aromatic rings. The normalized spacial score (nSPS) is 11.1. The highest BCUT2D eigenvalue weighted by atomic mass is 16.5. The topological polar surface area (TPSA) is 37.6 Å². The van der Waals surface area contributed by atoms with Gasteiger partial charge in [-0.15, -0.1) is 0 Å². The summed E-state index contributed by atoms with van der Waals surface area (Å²) in [4.78, 5) is 2.23. The molecule has 0 unspecified atom stereocenters. The first kappa shape index (κ1) is 28.4. The van der Waals surface area contributed by atoms with E-state index in [2.05, 4.69) is 155 Å². The number of fused-ring (bicyclic) bond motifs is 3. The molecule has 5 heteroatoms. The van der Waals surface area contributed by atoms with E-state index in [0.29, 0.717) is 5.75 Å². The molecule has 0 spiro atoms. The van der Waals surface area contributed by atoms with Gasteiger partial charge in [-0.2, -0.15) is 0 Å². The van der Waals surface area contributed by atoms with Gasteiger partial charge in [0.2, 0.25) is 0 Å². The second-order valence-corrected chi connectivity index (χ2v) is 11.5. The van der Waals surface area contributed by atoms with Gasteiger partial charge in [-0.05, 0) is 101 Å². The van der Waals surface area contributed by atoms with Crippen LogP contribution in [0, 0.1) is 0 Å². The highest BCUT2D eigenvalue weighted by molar-refractivity contribution is 6.17. The van der Waals surface area contributed by atoms with Crippen molar-refractivity contribution in [2.75, 3.05) is 4.90 Å². The predicted molar refractivity (Wildman–Crippen MR) is 196 cm³/mol. The van der Waals surface area contributed by atoms with Crippen molar-refractivity contribution in [1.82, 2.24) is 4.57 Å². The molecule has 7 aromatic carbocycles. The quantitative estimate of drug-likeness (QED) is 0.175. The average Bonchev–Trinajstić information content (AvgIpc) is 3.48. The summed E-state index contributed by atoms with van der Waals surface area (Å²) >= 11 is 0. The summed E-state index contributed by atoms with van der Waals surface area (Å²) in [5.74, 6) is 0.620. The Morgan fingerprint density at radius 1 is 0.447 bits per heavy atom. The van der Waals surface area contributed by atoms with Crippen LogP contribution < -0.4 is 9.55 Å². The Morgan fingerprint density at radius 3 is 1.57 bits per heavy atom. The molecular weight excluding hydrogens is 575 g/mol. The van der Waals surface area contributed by atoms with Gasteiger partial charge < -0.3 is 19.1 Å². The minimum Gasteiger partial charge on any atom is -0.539 e. The van der Waals surface area contributed by atoms with Crippen molar-refractivity contribution >= 4 is 46.6 Å². The Hall–Kier alpha value is -6.04. The van der Waals surface area contributed by atoms with Crippen LogP contribution in [0.5, 0.6) is 5.75 Å². The third kappa shape index (κ3) is 5.43. The monoisotopic (exact) mass is 606 g/mol. The van der Waals surface area contributed by atoms with Gasteiger partial charge in [0.25, 0.3) is 0 Å². The third-order valence-electron chi connectivity index (χ3n) is 8.70. The molecule has 1 heterocycles. The summed E-state index contributed by atoms with van der Waals surface area (Å²) in [7, 11) is -0.357. The molecule has 47 heavy (non-hydrogen) atoms. The minimum absolute atomic E-state index is 0.357. The first-order chi connectivity index (χ1) is 23.3. The molecule has 8 rings (SSSR count). The molecule has 0 aliphatic carbocycles. The largest absolute Gasteiger partial charge is 0.539 e. The summed E-state index contributed by atoms with van der Waals surface area (Å²) < 4.78 is 7.64. The Labute approximate surface area is 274 Å². The van der Waals surface area contributed by atoms with E-state index in [9.17, 15) is 5.02 Å². The maximum Gasteiger partial charge on any atom is 0.504 e. The molecule has 0 atom stereocenters. The SMILES string of the molecule is OBOc1ccc(N(c2ccc(-c3ccccc3)cc2)c2ccc(-c3ccc4c(c3)c3ccccc3n4-c3ccccc3)cc2)cc1. The number of para-hydroxylation sites is 2. The van der Waals surface area contributed by atoms with E-state index in [1.54, 1.807) is 0 Å². The molecule has 0 saturated heterocycles. The first-order valence-corrected chi connectivity index (χ1v) is 15.8. The van der Waals surface area contributed by atoms with E-state index >= 15 is 0 Å². The van der Waals surface area contributed by atoms with Crippen LogP contribution in [0.4, 0.5) is 17.1 Å². The maximum atomic E-state index is 9.22. The van der Waals surface area contributed by atoms with E-state index in [1.807, 2.05) is 30.3 Å². The molecule has 4 nitrogen and oxygen atoms in total. The standard InChI is InChI=1S/C42H31BN2O2/c46-43-47-38-26-24-37(25-27-38)44(35-20-15-31(16-21-35)30-9-3-1-4-10-30)36-22-17-32(18-23-36)33-19-28-42-40(29-33)39-13-7-8-14-41(39)45(42)34-11-5-2-6-12-34/h1-29,43,46H. The zero-order chi connectivity index (χ0) is 31.6. The summed E-state index contributed by atoms with van der Waals surface area (Å²) in [6, 6.07) is 61.5. The van der Waals surface area contributed by atoms with Gasteiger partial charge in [-0.3, -0.25) is 0 Å². The van der Waals surface area contributed by atoms with Crippen LogP contribution in [-0.4, -0.2) is 17.3 Å². The van der Waals surface area contributed by atoms with Gasteiger partial charge in [-0.1, -0.05) is 97.1 Å². The fourth-order valence-electron chi connectivity index (χ4n) is 6.46. The Bertz CT molecular complexity index is 2280. The number of aromatic nitrogens is 1. The Balaban J connectivity index is 1.18. The van der Waals surface area contributed by atoms with Crippen LogP contribution in [0.1, 0.15) is 0 Å². The van der Waals surface area contributed by atoms with E-state index in [-0.39, 0.29) is 7.69 Å². The number of hydrogen-bond donors (Lipinski definition) is 1. The summed E-state index contributed by atoms with van der Waals surface area (Å²) in [5, 5.41) is 11.7. The third-order valence-corrected chi connectivity index (χ3v) is 8.70. The van der Waals surface area contributed by atoms with Gasteiger partial charge in [0.15, 0.2) is 0 Å². The highest BCUT2D eigenvalue weighted by Gasteiger charge is 2.15. The summed E-state index contributed by atoms with van der Waals surface area (Å²) in [5.41, 5.74) is 11.3. The lowest BCUT2D eigenvalue weighted by atomic mass is 10.0. The van der Waals surface area contributed by atoms with Crippen LogP contribution in [-0.2, 0) is 0 Å². The van der Waals surface area contributed by atoms with Gasteiger partial charge in [0.1, 0.15) is 5.75 Å². The zero-order valence-electron chi connectivity index (χ0n) is 25.7. The summed E-state index contributed by atoms with van der Waals surface area (Å²) in [6.45, 7) is 0. The molecule has 0 fully saturated rings. The Kier molecular flexibility index (Phi) is 7.50. The maximum absolute atomic E-state index is 9.22. The van der Waals surface area contributed by atoms with Crippen molar-refractivity contribution in [3.8, 4) is 33.7 Å². The molecule has 0 amide bonds. The van der Waals surface area contributed by atoms with Crippen molar-refractivity contribution in [1.29, 1.82) is 0 Å². The van der Waals surface area contributed by atoms with Crippen molar-refractivity contribution in [2.45, 2.75) is 0 Å². The predicted octanol–water partition coefficient (Wildman–Crippen LogP) is 10.2. The van der Waals surface area contributed by atoms with Crippen LogP contribution in [0.3, 0.4) is 0 Å². The number of nitrogens with zero attached hydrogens (tertiary/aromatic N) is 2. The van der Waals surface area contributed by atoms with Gasteiger partial charge in [0.05, 0.1) is 11.0 Å². The molecule has 0 aliphatic heterocycles. The molecule has 0 saturated carbocycles. The lowest BCUT2D eigenvalue weighted by Gasteiger charge is -2.26. The molecule has 0 radical (unpaired) electrons. The number of hydrogen-bond acceptors (Lipinski definition) is 3. The van der Waals surface area contributed by atoms with Crippen molar-refractivity contribution in [3.05, 3.63) is 176 Å². The molecule has 224 valence electrons. The van der Waals surface area contributed by atoms with Crippen LogP contribution in [0.25, 0.3) is 49.7 Å². The van der Waals surface area contributed by atoms with Crippen molar-refractivity contribution < 1.29 is 9.68 Å². The van der Waals surface area contributed by atoms with Crippen LogP contribution in [0.15, 0.2) is 176 Å². The second-order valence-electron chi connectivity index (χ2n) is 11.5. The lowest BCUT2D eigenvalue weighted by molar-refractivity contribution is 0.454. The molecule has 0 bridgehead atoms. The van der Waals surface area contributed by atoms with E-state index in [1.165, 1.54) is 38.5 Å². The van der Waals surface area contributed by atoms with Crippen molar-refractivity contribution in [2.24, 2.45) is 0 Å². The van der Waals surface area contributed by atoms with E-state index < -0.39 is 0 Å². The highest BCUT2D eigenvalue weighted by Crippen LogP contribution is 2.39.